The van der Waals surface area contributed by atoms with Crippen molar-refractivity contribution in [3.63, 3.8) is 0 Å². The Balaban J connectivity index is 2.05. The first-order valence-corrected chi connectivity index (χ1v) is 6.97. The normalized spacial score (nSPS) is 12.6. The van der Waals surface area contributed by atoms with Gasteiger partial charge in [-0.3, -0.25) is 11.3 Å². The maximum atomic E-state index is 5.64. The lowest BCUT2D eigenvalue weighted by Crippen LogP contribution is -2.38. The first-order valence-electron chi connectivity index (χ1n) is 6.09. The summed E-state index contributed by atoms with van der Waals surface area (Å²) in [5, 5.41) is 3.13. The van der Waals surface area contributed by atoms with Crippen molar-refractivity contribution in [2.75, 3.05) is 0 Å². The van der Waals surface area contributed by atoms with Crippen LogP contribution in [0.5, 0.6) is 0 Å². The summed E-state index contributed by atoms with van der Waals surface area (Å²) in [5.41, 5.74) is 6.82. The minimum atomic E-state index is 0.234. The Hall–Kier alpha value is -1.23. The Labute approximate surface area is 112 Å². The van der Waals surface area contributed by atoms with Crippen LogP contribution in [0.1, 0.15) is 21.7 Å². The Morgan fingerprint density at radius 1 is 1.22 bits per heavy atom. The number of benzene rings is 1. The second-order valence-corrected chi connectivity index (χ2v) is 5.67. The highest BCUT2D eigenvalue weighted by molar-refractivity contribution is 7.09. The van der Waals surface area contributed by atoms with E-state index in [2.05, 4.69) is 42.5 Å². The molecule has 2 aromatic rings. The maximum Gasteiger partial charge on any atom is 0.0940 e. The lowest BCUT2D eigenvalue weighted by Gasteiger charge is -2.15. The lowest BCUT2D eigenvalue weighted by molar-refractivity contribution is 0.521. The lowest BCUT2D eigenvalue weighted by atomic mass is 10.00. The number of nitrogens with two attached hydrogens (primary N) is 1. The zero-order chi connectivity index (χ0) is 13.0. The molecule has 1 aromatic heterocycles. The van der Waals surface area contributed by atoms with Crippen molar-refractivity contribution in [3.05, 3.63) is 51.5 Å². The minimum absolute atomic E-state index is 0.234. The highest BCUT2D eigenvalue weighted by atomic mass is 32.1. The molecule has 18 heavy (non-hydrogen) atoms. The van der Waals surface area contributed by atoms with E-state index < -0.39 is 0 Å². The quantitative estimate of drug-likeness (QED) is 0.642. The van der Waals surface area contributed by atoms with E-state index in [4.69, 9.17) is 5.84 Å². The molecule has 1 unspecified atom stereocenters. The van der Waals surface area contributed by atoms with Crippen molar-refractivity contribution in [2.24, 2.45) is 5.84 Å². The van der Waals surface area contributed by atoms with Crippen molar-refractivity contribution < 1.29 is 0 Å². The molecular formula is C14H19N3S. The third-order valence-corrected chi connectivity index (χ3v) is 3.71. The number of thiazole rings is 1. The summed E-state index contributed by atoms with van der Waals surface area (Å²) in [6.45, 7) is 4.25. The molecule has 0 aliphatic rings. The Morgan fingerprint density at radius 2 is 1.94 bits per heavy atom. The molecule has 0 saturated heterocycles. The average molecular weight is 261 g/mol. The Kier molecular flexibility index (Phi) is 4.47. The number of aryl methyl sites for hydroxylation is 2. The topological polar surface area (TPSA) is 50.9 Å². The van der Waals surface area contributed by atoms with Gasteiger partial charge in [-0.05, 0) is 25.8 Å². The molecular weight excluding hydrogens is 242 g/mol. The number of hydrogen-bond donors (Lipinski definition) is 2. The fraction of sp³-hybridized carbons (Fsp3) is 0.357. The molecule has 0 saturated carbocycles. The van der Waals surface area contributed by atoms with Crippen LogP contribution in [-0.2, 0) is 12.8 Å². The number of nitrogens with zero attached hydrogens (tertiary/aromatic N) is 1. The Morgan fingerprint density at radius 3 is 2.50 bits per heavy atom. The summed E-state index contributed by atoms with van der Waals surface area (Å²) in [5.74, 6) is 5.64. The SMILES string of the molecule is Cc1cc(C)cc(CC(Cc2nccs2)NN)c1. The third-order valence-electron chi connectivity index (χ3n) is 2.90. The predicted molar refractivity (Wildman–Crippen MR) is 76.5 cm³/mol. The van der Waals surface area contributed by atoms with Crippen LogP contribution in [0.4, 0.5) is 0 Å². The number of hydrazine groups is 1. The van der Waals surface area contributed by atoms with Crippen LogP contribution < -0.4 is 11.3 Å². The van der Waals surface area contributed by atoms with Crippen LogP contribution in [0.25, 0.3) is 0 Å². The van der Waals surface area contributed by atoms with Crippen LogP contribution in [0.15, 0.2) is 29.8 Å². The van der Waals surface area contributed by atoms with Gasteiger partial charge in [0, 0.05) is 24.0 Å². The first kappa shape index (κ1) is 13.2. The second-order valence-electron chi connectivity index (χ2n) is 4.69. The van der Waals surface area contributed by atoms with Gasteiger partial charge in [0.2, 0.25) is 0 Å². The second kappa shape index (κ2) is 6.09. The molecule has 0 bridgehead atoms. The van der Waals surface area contributed by atoms with Crippen LogP contribution in [0.3, 0.4) is 0 Å². The molecule has 1 heterocycles. The molecule has 0 spiro atoms. The van der Waals surface area contributed by atoms with Gasteiger partial charge in [-0.15, -0.1) is 11.3 Å². The van der Waals surface area contributed by atoms with E-state index in [0.717, 1.165) is 17.8 Å². The number of nitrogens with one attached hydrogen (secondary N) is 1. The van der Waals surface area contributed by atoms with Crippen LogP contribution in [0, 0.1) is 13.8 Å². The van der Waals surface area contributed by atoms with E-state index >= 15 is 0 Å². The molecule has 2 rings (SSSR count). The molecule has 0 fully saturated rings. The van der Waals surface area contributed by atoms with Gasteiger partial charge in [0.25, 0.3) is 0 Å². The zero-order valence-electron chi connectivity index (χ0n) is 10.8. The summed E-state index contributed by atoms with van der Waals surface area (Å²) in [7, 11) is 0. The van der Waals surface area contributed by atoms with Crippen molar-refractivity contribution in [1.29, 1.82) is 0 Å². The molecule has 0 aliphatic carbocycles. The van der Waals surface area contributed by atoms with Crippen molar-refractivity contribution in [2.45, 2.75) is 32.7 Å². The van der Waals surface area contributed by atoms with Gasteiger partial charge in [-0.25, -0.2) is 4.98 Å². The fourth-order valence-electron chi connectivity index (χ4n) is 2.23. The van der Waals surface area contributed by atoms with E-state index in [-0.39, 0.29) is 6.04 Å². The van der Waals surface area contributed by atoms with Gasteiger partial charge in [-0.2, -0.15) is 0 Å². The number of aromatic nitrogens is 1. The molecule has 0 aliphatic heterocycles. The number of hydrogen-bond acceptors (Lipinski definition) is 4. The van der Waals surface area contributed by atoms with Crippen LogP contribution in [-0.4, -0.2) is 11.0 Å². The average Bonchev–Trinajstić information content (AvgIpc) is 2.79. The van der Waals surface area contributed by atoms with Crippen molar-refractivity contribution in [1.82, 2.24) is 10.4 Å². The molecule has 0 radical (unpaired) electrons. The summed E-state index contributed by atoms with van der Waals surface area (Å²) in [4.78, 5) is 4.30. The maximum absolute atomic E-state index is 5.64. The van der Waals surface area contributed by atoms with Crippen molar-refractivity contribution in [3.8, 4) is 0 Å². The molecule has 96 valence electrons. The molecule has 1 atom stereocenters. The van der Waals surface area contributed by atoms with Gasteiger partial charge >= 0.3 is 0 Å². The predicted octanol–water partition coefficient (Wildman–Crippen LogP) is 2.38. The van der Waals surface area contributed by atoms with Gasteiger partial charge in [0.15, 0.2) is 0 Å². The summed E-state index contributed by atoms with van der Waals surface area (Å²) < 4.78 is 0. The van der Waals surface area contributed by atoms with E-state index in [0.29, 0.717) is 0 Å². The number of rotatable bonds is 5. The smallest absolute Gasteiger partial charge is 0.0940 e. The highest BCUT2D eigenvalue weighted by Crippen LogP contribution is 2.14. The van der Waals surface area contributed by atoms with E-state index in [9.17, 15) is 0 Å². The van der Waals surface area contributed by atoms with Gasteiger partial charge in [0.1, 0.15) is 0 Å². The fourth-order valence-corrected chi connectivity index (χ4v) is 2.92. The summed E-state index contributed by atoms with van der Waals surface area (Å²) >= 11 is 1.68. The standard InChI is InChI=1S/C14H19N3S/c1-10-5-11(2)7-12(6-10)8-13(17-15)9-14-16-3-4-18-14/h3-7,13,17H,8-9,15H2,1-2H3. The molecule has 3 nitrogen and oxygen atoms in total. The van der Waals surface area contributed by atoms with Crippen LogP contribution in [0.2, 0.25) is 0 Å². The molecule has 4 heteroatoms. The highest BCUT2D eigenvalue weighted by Gasteiger charge is 2.11. The summed E-state index contributed by atoms with van der Waals surface area (Å²) in [6, 6.07) is 6.87. The van der Waals surface area contributed by atoms with E-state index in [1.165, 1.54) is 16.7 Å². The minimum Gasteiger partial charge on any atom is -0.271 e. The van der Waals surface area contributed by atoms with Gasteiger partial charge in [-0.1, -0.05) is 29.3 Å². The van der Waals surface area contributed by atoms with Crippen LogP contribution >= 0.6 is 11.3 Å². The third kappa shape index (κ3) is 3.63. The van der Waals surface area contributed by atoms with E-state index in [1.54, 1.807) is 11.3 Å². The largest absolute Gasteiger partial charge is 0.271 e. The molecule has 3 N–H and O–H groups in total. The molecule has 1 aromatic carbocycles. The summed E-state index contributed by atoms with van der Waals surface area (Å²) in [6.07, 6.45) is 3.64. The van der Waals surface area contributed by atoms with Gasteiger partial charge < -0.3 is 0 Å². The monoisotopic (exact) mass is 261 g/mol. The van der Waals surface area contributed by atoms with Crippen molar-refractivity contribution >= 4 is 11.3 Å². The first-order chi connectivity index (χ1) is 8.67. The Bertz CT molecular complexity index is 473. The van der Waals surface area contributed by atoms with Gasteiger partial charge in [0.05, 0.1) is 5.01 Å². The zero-order valence-corrected chi connectivity index (χ0v) is 11.6. The van der Waals surface area contributed by atoms with E-state index in [1.807, 2.05) is 11.6 Å². The molecule has 0 amide bonds.